The van der Waals surface area contributed by atoms with Gasteiger partial charge < -0.3 is 24.0 Å². The second-order valence-electron chi connectivity index (χ2n) is 10.1. The number of halogens is 4. The molecule has 2 aromatic rings. The number of aromatic nitrogens is 2. The highest BCUT2D eigenvalue weighted by Crippen LogP contribution is 2.36. The van der Waals surface area contributed by atoms with E-state index in [1.165, 1.54) is 18.5 Å². The number of piperidine rings is 1. The number of likely N-dealkylation sites (tertiary alicyclic amines) is 1. The monoisotopic (exact) mass is 586 g/mol. The molecule has 1 aliphatic rings. The lowest BCUT2D eigenvalue weighted by atomic mass is 9.87. The van der Waals surface area contributed by atoms with E-state index in [0.717, 1.165) is 12.1 Å². The highest BCUT2D eigenvalue weighted by Gasteiger charge is 2.41. The normalized spacial score (nSPS) is 19.6. The number of hydrogen-bond acceptors (Lipinski definition) is 7. The maximum atomic E-state index is 13.6. The van der Waals surface area contributed by atoms with Gasteiger partial charge in [-0.1, -0.05) is 25.4 Å². The van der Waals surface area contributed by atoms with Gasteiger partial charge in [0.05, 0.1) is 30.7 Å². The molecule has 0 N–H and O–H groups in total. The van der Waals surface area contributed by atoms with Gasteiger partial charge in [-0.05, 0) is 63.3 Å². The average Bonchev–Trinajstić information content (AvgIpc) is 2.90. The van der Waals surface area contributed by atoms with Crippen molar-refractivity contribution in [2.45, 2.75) is 90.3 Å². The van der Waals surface area contributed by atoms with Gasteiger partial charge in [-0.3, -0.25) is 0 Å². The third kappa shape index (κ3) is 8.36. The first-order valence-electron chi connectivity index (χ1n) is 13.5. The predicted molar refractivity (Wildman–Crippen MR) is 147 cm³/mol. The van der Waals surface area contributed by atoms with Gasteiger partial charge in [-0.25, -0.2) is 14.8 Å². The molecule has 1 aromatic heterocycles. The number of ether oxygens (including phenoxy) is 3. The Morgan fingerprint density at radius 3 is 2.25 bits per heavy atom. The number of amides is 1. The SMILES string of the molecule is CCC1CC(N(Cc2cc(Cl)cc(C(F)(F)F)c2)c2ncc(OCCOC)cn2)CC(CC)N1C(=O)OC(C)C. The van der Waals surface area contributed by atoms with E-state index in [9.17, 15) is 18.0 Å². The lowest BCUT2D eigenvalue weighted by molar-refractivity contribution is -0.137. The standard InChI is InChI=1S/C28H38ClF3N4O4/c1-6-22-13-24(14-23(7-2)36(22)27(37)40-18(3)4)35(26-33-15-25(16-34-26)39-9-8-38-5)17-19-10-20(28(30,31)32)12-21(29)11-19/h10-12,15-16,18,22-24H,6-9,13-14,17H2,1-5H3. The summed E-state index contributed by atoms with van der Waals surface area (Å²) in [6, 6.07) is 3.13. The van der Waals surface area contributed by atoms with Crippen molar-refractivity contribution in [3.8, 4) is 5.75 Å². The van der Waals surface area contributed by atoms with Crippen LogP contribution in [0.1, 0.15) is 64.5 Å². The van der Waals surface area contributed by atoms with E-state index in [1.54, 1.807) is 7.11 Å². The van der Waals surface area contributed by atoms with Crippen LogP contribution in [0.4, 0.5) is 23.9 Å². The second kappa shape index (κ2) is 14.2. The molecule has 0 radical (unpaired) electrons. The second-order valence-corrected chi connectivity index (χ2v) is 10.6. The summed E-state index contributed by atoms with van der Waals surface area (Å²) in [5.74, 6) is 0.799. The summed E-state index contributed by atoms with van der Waals surface area (Å²) in [6.45, 7) is 8.47. The lowest BCUT2D eigenvalue weighted by Gasteiger charge is -2.47. The van der Waals surface area contributed by atoms with Crippen molar-refractivity contribution in [1.82, 2.24) is 14.9 Å². The van der Waals surface area contributed by atoms with Crippen molar-refractivity contribution < 1.29 is 32.2 Å². The molecule has 2 atom stereocenters. The van der Waals surface area contributed by atoms with Crippen molar-refractivity contribution in [1.29, 1.82) is 0 Å². The Kier molecular flexibility index (Phi) is 11.3. The summed E-state index contributed by atoms with van der Waals surface area (Å²) in [7, 11) is 1.57. The summed E-state index contributed by atoms with van der Waals surface area (Å²) in [5.41, 5.74) is -0.437. The highest BCUT2D eigenvalue weighted by atomic mass is 35.5. The van der Waals surface area contributed by atoms with Crippen LogP contribution >= 0.6 is 11.6 Å². The van der Waals surface area contributed by atoms with E-state index in [-0.39, 0.29) is 41.9 Å². The van der Waals surface area contributed by atoms with Gasteiger partial charge in [0.25, 0.3) is 0 Å². The average molecular weight is 587 g/mol. The van der Waals surface area contributed by atoms with Crippen molar-refractivity contribution in [2.24, 2.45) is 0 Å². The third-order valence-electron chi connectivity index (χ3n) is 6.87. The Labute approximate surface area is 238 Å². The zero-order valence-corrected chi connectivity index (χ0v) is 24.3. The third-order valence-corrected chi connectivity index (χ3v) is 7.09. The fourth-order valence-corrected chi connectivity index (χ4v) is 5.29. The number of benzene rings is 1. The van der Waals surface area contributed by atoms with Crippen molar-refractivity contribution in [3.05, 3.63) is 46.7 Å². The molecule has 0 saturated carbocycles. The lowest BCUT2D eigenvalue weighted by Crippen LogP contribution is -2.57. The van der Waals surface area contributed by atoms with Crippen LogP contribution in [0.2, 0.25) is 5.02 Å². The first kappa shape index (κ1) is 31.7. The van der Waals surface area contributed by atoms with E-state index in [0.29, 0.717) is 56.2 Å². The number of carbonyl (C=O) groups excluding carboxylic acids is 1. The van der Waals surface area contributed by atoms with Crippen LogP contribution in [0.15, 0.2) is 30.6 Å². The van der Waals surface area contributed by atoms with Crippen LogP contribution in [-0.2, 0) is 22.2 Å². The molecule has 3 rings (SSSR count). The minimum Gasteiger partial charge on any atom is -0.488 e. The molecule has 1 amide bonds. The van der Waals surface area contributed by atoms with Gasteiger partial charge in [0.15, 0.2) is 5.75 Å². The molecule has 1 aliphatic heterocycles. The van der Waals surface area contributed by atoms with Gasteiger partial charge >= 0.3 is 12.3 Å². The molecule has 0 bridgehead atoms. The van der Waals surface area contributed by atoms with Crippen molar-refractivity contribution in [2.75, 3.05) is 25.2 Å². The number of anilines is 1. The maximum Gasteiger partial charge on any atom is 0.416 e. The molecule has 1 saturated heterocycles. The summed E-state index contributed by atoms with van der Waals surface area (Å²) in [5, 5.41) is -0.00305. The smallest absolute Gasteiger partial charge is 0.416 e. The van der Waals surface area contributed by atoms with Gasteiger partial charge in [0, 0.05) is 36.8 Å². The Balaban J connectivity index is 1.97. The van der Waals surface area contributed by atoms with E-state index in [1.807, 2.05) is 37.5 Å². The van der Waals surface area contributed by atoms with Gasteiger partial charge in [-0.2, -0.15) is 13.2 Å². The molecule has 8 nitrogen and oxygen atoms in total. The Hall–Kier alpha value is -2.79. The largest absolute Gasteiger partial charge is 0.488 e. The molecule has 12 heteroatoms. The number of methoxy groups -OCH3 is 1. The van der Waals surface area contributed by atoms with E-state index < -0.39 is 11.7 Å². The quantitative estimate of drug-likeness (QED) is 0.270. The summed E-state index contributed by atoms with van der Waals surface area (Å²) in [6.07, 6.45) is 0.460. The highest BCUT2D eigenvalue weighted by molar-refractivity contribution is 6.30. The Morgan fingerprint density at radius 1 is 1.10 bits per heavy atom. The van der Waals surface area contributed by atoms with E-state index in [2.05, 4.69) is 9.97 Å². The maximum absolute atomic E-state index is 13.6. The minimum absolute atomic E-state index is 0.00305. The summed E-state index contributed by atoms with van der Waals surface area (Å²) in [4.78, 5) is 25.8. The predicted octanol–water partition coefficient (Wildman–Crippen LogP) is 6.75. The van der Waals surface area contributed by atoms with Gasteiger partial charge in [0.2, 0.25) is 5.95 Å². The number of carbonyl (C=O) groups is 1. The summed E-state index contributed by atoms with van der Waals surface area (Å²) < 4.78 is 56.8. The van der Waals surface area contributed by atoms with Crippen molar-refractivity contribution in [3.63, 3.8) is 0 Å². The molecular formula is C28H38ClF3N4O4. The minimum atomic E-state index is -4.54. The Morgan fingerprint density at radius 2 is 1.73 bits per heavy atom. The fourth-order valence-electron chi connectivity index (χ4n) is 5.03. The molecule has 1 aromatic carbocycles. The van der Waals surface area contributed by atoms with Crippen LogP contribution < -0.4 is 9.64 Å². The molecule has 40 heavy (non-hydrogen) atoms. The zero-order chi connectivity index (χ0) is 29.4. The van der Waals surface area contributed by atoms with Crippen LogP contribution in [-0.4, -0.2) is 65.5 Å². The molecule has 0 spiro atoms. The zero-order valence-electron chi connectivity index (χ0n) is 23.6. The molecule has 1 fully saturated rings. The van der Waals surface area contributed by atoms with E-state index >= 15 is 0 Å². The van der Waals surface area contributed by atoms with Gasteiger partial charge in [0.1, 0.15) is 6.61 Å². The molecule has 2 heterocycles. The number of nitrogens with zero attached hydrogens (tertiary/aromatic N) is 4. The first-order valence-corrected chi connectivity index (χ1v) is 13.9. The molecular weight excluding hydrogens is 549 g/mol. The van der Waals surface area contributed by atoms with Crippen LogP contribution in [0.5, 0.6) is 5.75 Å². The molecule has 222 valence electrons. The van der Waals surface area contributed by atoms with E-state index in [4.69, 9.17) is 25.8 Å². The topological polar surface area (TPSA) is 77.0 Å². The van der Waals surface area contributed by atoms with Crippen molar-refractivity contribution >= 4 is 23.6 Å². The van der Waals surface area contributed by atoms with Crippen LogP contribution in [0, 0.1) is 0 Å². The number of hydrogen-bond donors (Lipinski definition) is 0. The first-order chi connectivity index (χ1) is 19.0. The van der Waals surface area contributed by atoms with Crippen LogP contribution in [0.25, 0.3) is 0 Å². The Bertz CT molecular complexity index is 1090. The fraction of sp³-hybridized carbons (Fsp3) is 0.607. The number of rotatable bonds is 11. The summed E-state index contributed by atoms with van der Waals surface area (Å²) >= 11 is 6.10. The molecule has 2 unspecified atom stereocenters. The number of alkyl halides is 3. The van der Waals surface area contributed by atoms with Crippen LogP contribution in [0.3, 0.4) is 0 Å². The molecule has 0 aliphatic carbocycles. The van der Waals surface area contributed by atoms with Gasteiger partial charge in [-0.15, -0.1) is 0 Å².